The van der Waals surface area contributed by atoms with Crippen molar-refractivity contribution in [3.05, 3.63) is 0 Å². The van der Waals surface area contributed by atoms with Crippen molar-refractivity contribution in [2.24, 2.45) is 11.8 Å². The lowest BCUT2D eigenvalue weighted by Gasteiger charge is -2.41. The first kappa shape index (κ1) is 13.8. The van der Waals surface area contributed by atoms with Gasteiger partial charge in [-0.3, -0.25) is 4.79 Å². The van der Waals surface area contributed by atoms with Gasteiger partial charge in [0.2, 0.25) is 0 Å². The lowest BCUT2D eigenvalue weighted by Crippen LogP contribution is -2.55. The van der Waals surface area contributed by atoms with Crippen LogP contribution in [0.3, 0.4) is 0 Å². The van der Waals surface area contributed by atoms with Crippen LogP contribution in [0.25, 0.3) is 0 Å². The van der Waals surface area contributed by atoms with Gasteiger partial charge in [-0.2, -0.15) is 0 Å². The standard InChI is InChI=1S/C12H22N2O3/c1-4-13(6-9(2)3)12(17)14-7-10(8-14)5-11(15)16/h9-10H,4-8H2,1-3H3,(H,15,16). The molecule has 17 heavy (non-hydrogen) atoms. The number of urea groups is 1. The van der Waals surface area contributed by atoms with Crippen molar-refractivity contribution < 1.29 is 14.7 Å². The summed E-state index contributed by atoms with van der Waals surface area (Å²) in [7, 11) is 0. The van der Waals surface area contributed by atoms with Gasteiger partial charge in [-0.15, -0.1) is 0 Å². The Kier molecular flexibility index (Phi) is 4.78. The summed E-state index contributed by atoms with van der Waals surface area (Å²) in [5.74, 6) is -0.194. The van der Waals surface area contributed by atoms with Crippen molar-refractivity contribution in [2.75, 3.05) is 26.2 Å². The van der Waals surface area contributed by atoms with Gasteiger partial charge in [0.25, 0.3) is 0 Å². The molecule has 0 atom stereocenters. The summed E-state index contributed by atoms with van der Waals surface area (Å²) >= 11 is 0. The van der Waals surface area contributed by atoms with Gasteiger partial charge in [-0.25, -0.2) is 4.79 Å². The maximum atomic E-state index is 12.0. The quantitative estimate of drug-likeness (QED) is 0.794. The molecule has 1 rings (SSSR count). The molecule has 5 heteroatoms. The second kappa shape index (κ2) is 5.89. The number of hydrogen-bond acceptors (Lipinski definition) is 2. The zero-order chi connectivity index (χ0) is 13.0. The van der Waals surface area contributed by atoms with E-state index in [9.17, 15) is 9.59 Å². The zero-order valence-electron chi connectivity index (χ0n) is 10.8. The number of rotatable bonds is 5. The Bertz CT molecular complexity index is 285. The minimum absolute atomic E-state index is 0.0443. The number of carboxylic acid groups (broad SMARTS) is 1. The molecule has 0 aromatic heterocycles. The van der Waals surface area contributed by atoms with Crippen molar-refractivity contribution >= 4 is 12.0 Å². The highest BCUT2D eigenvalue weighted by Crippen LogP contribution is 2.20. The average Bonchev–Trinajstić information content (AvgIpc) is 2.17. The molecule has 0 aromatic rings. The topological polar surface area (TPSA) is 60.9 Å². The molecule has 1 fully saturated rings. The molecular formula is C12H22N2O3. The highest BCUT2D eigenvalue weighted by Gasteiger charge is 2.34. The number of aliphatic carboxylic acids is 1. The van der Waals surface area contributed by atoms with Crippen LogP contribution < -0.4 is 0 Å². The Labute approximate surface area is 102 Å². The molecule has 1 saturated heterocycles. The molecule has 1 aliphatic rings. The maximum Gasteiger partial charge on any atom is 0.320 e. The molecular weight excluding hydrogens is 220 g/mol. The van der Waals surface area contributed by atoms with Crippen LogP contribution in [0, 0.1) is 11.8 Å². The van der Waals surface area contributed by atoms with Gasteiger partial charge in [0.1, 0.15) is 0 Å². The largest absolute Gasteiger partial charge is 0.481 e. The molecule has 1 heterocycles. The third kappa shape index (κ3) is 3.91. The van der Waals surface area contributed by atoms with E-state index in [0.29, 0.717) is 25.6 Å². The zero-order valence-corrected chi connectivity index (χ0v) is 10.8. The van der Waals surface area contributed by atoms with E-state index in [1.54, 1.807) is 4.90 Å². The Balaban J connectivity index is 2.36. The fourth-order valence-corrected chi connectivity index (χ4v) is 2.09. The SMILES string of the molecule is CCN(CC(C)C)C(=O)N1CC(CC(=O)O)C1. The first-order chi connectivity index (χ1) is 7.93. The van der Waals surface area contributed by atoms with E-state index in [4.69, 9.17) is 5.11 Å². The van der Waals surface area contributed by atoms with Gasteiger partial charge in [0.05, 0.1) is 6.42 Å². The first-order valence-corrected chi connectivity index (χ1v) is 6.19. The Morgan fingerprint density at radius 1 is 1.41 bits per heavy atom. The number of likely N-dealkylation sites (tertiary alicyclic amines) is 1. The molecule has 5 nitrogen and oxygen atoms in total. The molecule has 1 N–H and O–H groups in total. The fourth-order valence-electron chi connectivity index (χ4n) is 2.09. The van der Waals surface area contributed by atoms with Crippen LogP contribution in [0.4, 0.5) is 4.79 Å². The minimum atomic E-state index is -0.781. The van der Waals surface area contributed by atoms with Crippen LogP contribution in [0.5, 0.6) is 0 Å². The van der Waals surface area contributed by atoms with Crippen molar-refractivity contribution in [1.29, 1.82) is 0 Å². The summed E-state index contributed by atoms with van der Waals surface area (Å²) in [6, 6.07) is 0.0443. The van der Waals surface area contributed by atoms with Crippen LogP contribution in [-0.2, 0) is 4.79 Å². The van der Waals surface area contributed by atoms with Gasteiger partial charge in [-0.1, -0.05) is 13.8 Å². The van der Waals surface area contributed by atoms with Crippen molar-refractivity contribution in [3.63, 3.8) is 0 Å². The molecule has 98 valence electrons. The number of amides is 2. The monoisotopic (exact) mass is 242 g/mol. The summed E-state index contributed by atoms with van der Waals surface area (Å²) in [5.41, 5.74) is 0. The van der Waals surface area contributed by atoms with Gasteiger partial charge >= 0.3 is 12.0 Å². The van der Waals surface area contributed by atoms with E-state index in [1.165, 1.54) is 0 Å². The predicted octanol–water partition coefficient (Wildman–Crippen LogP) is 1.49. The van der Waals surface area contributed by atoms with E-state index in [0.717, 1.165) is 6.54 Å². The normalized spacial score (nSPS) is 15.9. The van der Waals surface area contributed by atoms with Crippen molar-refractivity contribution in [1.82, 2.24) is 9.80 Å². The third-order valence-corrected chi connectivity index (χ3v) is 2.93. The average molecular weight is 242 g/mol. The van der Waals surface area contributed by atoms with Gasteiger partial charge in [0, 0.05) is 32.1 Å². The summed E-state index contributed by atoms with van der Waals surface area (Å²) in [6.07, 6.45) is 0.167. The number of hydrogen-bond donors (Lipinski definition) is 1. The lowest BCUT2D eigenvalue weighted by atomic mass is 9.97. The summed E-state index contributed by atoms with van der Waals surface area (Å²) < 4.78 is 0. The molecule has 0 aliphatic carbocycles. The molecule has 0 spiro atoms. The number of carbonyl (C=O) groups is 2. The molecule has 0 aromatic carbocycles. The van der Waals surface area contributed by atoms with Crippen LogP contribution in [0.15, 0.2) is 0 Å². The van der Waals surface area contributed by atoms with Crippen LogP contribution in [0.2, 0.25) is 0 Å². The number of carboxylic acids is 1. The number of nitrogens with zero attached hydrogens (tertiary/aromatic N) is 2. The number of carbonyl (C=O) groups excluding carboxylic acids is 1. The molecule has 0 unspecified atom stereocenters. The fraction of sp³-hybridized carbons (Fsp3) is 0.833. The van der Waals surface area contributed by atoms with Crippen LogP contribution in [0.1, 0.15) is 27.2 Å². The Morgan fingerprint density at radius 2 is 2.00 bits per heavy atom. The molecule has 1 aliphatic heterocycles. The molecule has 0 saturated carbocycles. The molecule has 2 amide bonds. The summed E-state index contributed by atoms with van der Waals surface area (Å²) in [6.45, 7) is 8.76. The summed E-state index contributed by atoms with van der Waals surface area (Å²) in [4.78, 5) is 26.1. The second-order valence-corrected chi connectivity index (χ2v) is 5.08. The van der Waals surface area contributed by atoms with Gasteiger partial charge in [0.15, 0.2) is 0 Å². The first-order valence-electron chi connectivity index (χ1n) is 6.19. The molecule has 0 bridgehead atoms. The highest BCUT2D eigenvalue weighted by molar-refractivity contribution is 5.76. The minimum Gasteiger partial charge on any atom is -0.481 e. The smallest absolute Gasteiger partial charge is 0.320 e. The van der Waals surface area contributed by atoms with Crippen molar-refractivity contribution in [2.45, 2.75) is 27.2 Å². The van der Waals surface area contributed by atoms with Gasteiger partial charge < -0.3 is 14.9 Å². The van der Waals surface area contributed by atoms with E-state index in [2.05, 4.69) is 13.8 Å². The third-order valence-electron chi connectivity index (χ3n) is 2.93. The predicted molar refractivity (Wildman–Crippen MR) is 64.8 cm³/mol. The molecule has 0 radical (unpaired) electrons. The maximum absolute atomic E-state index is 12.0. The van der Waals surface area contributed by atoms with E-state index < -0.39 is 5.97 Å². The Hall–Kier alpha value is -1.26. The van der Waals surface area contributed by atoms with Crippen molar-refractivity contribution in [3.8, 4) is 0 Å². The Morgan fingerprint density at radius 3 is 2.41 bits per heavy atom. The van der Waals surface area contributed by atoms with E-state index in [-0.39, 0.29) is 18.4 Å². The van der Waals surface area contributed by atoms with E-state index >= 15 is 0 Å². The second-order valence-electron chi connectivity index (χ2n) is 5.08. The van der Waals surface area contributed by atoms with E-state index in [1.807, 2.05) is 11.8 Å². The highest BCUT2D eigenvalue weighted by atomic mass is 16.4. The lowest BCUT2D eigenvalue weighted by molar-refractivity contribution is -0.139. The summed E-state index contributed by atoms with van der Waals surface area (Å²) in [5, 5.41) is 8.63. The van der Waals surface area contributed by atoms with Crippen LogP contribution >= 0.6 is 0 Å². The van der Waals surface area contributed by atoms with Crippen LogP contribution in [-0.4, -0.2) is 53.1 Å². The van der Waals surface area contributed by atoms with Gasteiger partial charge in [-0.05, 0) is 12.8 Å².